The van der Waals surface area contributed by atoms with Gasteiger partial charge in [-0.05, 0) is 56.7 Å². The zero-order valence-corrected chi connectivity index (χ0v) is 17.7. The molecule has 2 aromatic rings. The molecule has 0 saturated carbocycles. The fourth-order valence-electron chi connectivity index (χ4n) is 2.77. The summed E-state index contributed by atoms with van der Waals surface area (Å²) < 4.78 is 59.5. The Labute approximate surface area is 169 Å². The molecule has 6 nitrogen and oxygen atoms in total. The predicted octanol–water partition coefficient (Wildman–Crippen LogP) is 3.49. The van der Waals surface area contributed by atoms with Crippen LogP contribution in [0.1, 0.15) is 42.7 Å². The number of amides is 1. The van der Waals surface area contributed by atoms with Crippen LogP contribution in [0.5, 0.6) is 5.75 Å². The van der Waals surface area contributed by atoms with Gasteiger partial charge in [-0.2, -0.15) is 0 Å². The molecule has 0 heterocycles. The first-order chi connectivity index (χ1) is 13.5. The summed E-state index contributed by atoms with van der Waals surface area (Å²) >= 11 is 0. The van der Waals surface area contributed by atoms with Gasteiger partial charge in [0.2, 0.25) is 10.0 Å². The third kappa shape index (κ3) is 5.10. The molecule has 1 N–H and O–H groups in total. The Morgan fingerprint density at radius 2 is 1.72 bits per heavy atom. The van der Waals surface area contributed by atoms with E-state index in [1.165, 1.54) is 43.3 Å². The molecule has 0 fully saturated rings. The largest absolute Gasteiger partial charge is 0.495 e. The van der Waals surface area contributed by atoms with E-state index in [9.17, 15) is 22.0 Å². The number of hydrogen-bond donors (Lipinski definition) is 1. The maximum atomic E-state index is 13.5. The van der Waals surface area contributed by atoms with E-state index < -0.39 is 33.6 Å². The number of benzene rings is 2. The lowest BCUT2D eigenvalue weighted by atomic mass is 10.1. The average Bonchev–Trinajstić information content (AvgIpc) is 2.66. The van der Waals surface area contributed by atoms with E-state index in [0.29, 0.717) is 5.56 Å². The first kappa shape index (κ1) is 22.8. The first-order valence-electron chi connectivity index (χ1n) is 8.90. The van der Waals surface area contributed by atoms with Crippen molar-refractivity contribution >= 4 is 15.9 Å². The summed E-state index contributed by atoms with van der Waals surface area (Å²) in [7, 11) is -1.07. The second-order valence-corrected chi connectivity index (χ2v) is 8.59. The minimum absolute atomic E-state index is 0.103. The van der Waals surface area contributed by atoms with Crippen molar-refractivity contribution in [3.8, 4) is 5.75 Å². The van der Waals surface area contributed by atoms with Gasteiger partial charge in [0.05, 0.1) is 13.2 Å². The Morgan fingerprint density at radius 3 is 2.28 bits per heavy atom. The smallest absolute Gasteiger partial charge is 0.254 e. The fourth-order valence-corrected chi connectivity index (χ4v) is 4.21. The molecule has 0 saturated heterocycles. The van der Waals surface area contributed by atoms with E-state index in [0.717, 1.165) is 12.1 Å². The minimum Gasteiger partial charge on any atom is -0.495 e. The number of carbonyl (C=O) groups is 1. The van der Waals surface area contributed by atoms with Crippen molar-refractivity contribution in [1.82, 2.24) is 9.62 Å². The van der Waals surface area contributed by atoms with Crippen LogP contribution in [0.25, 0.3) is 0 Å². The van der Waals surface area contributed by atoms with Crippen LogP contribution in [0, 0.1) is 11.6 Å². The number of hydrogen-bond acceptors (Lipinski definition) is 4. The van der Waals surface area contributed by atoms with Gasteiger partial charge in [-0.25, -0.2) is 21.9 Å². The van der Waals surface area contributed by atoms with Gasteiger partial charge in [0.15, 0.2) is 11.6 Å². The summed E-state index contributed by atoms with van der Waals surface area (Å²) in [6.45, 7) is 5.01. The van der Waals surface area contributed by atoms with Gasteiger partial charge in [-0.1, -0.05) is 6.07 Å². The Morgan fingerprint density at radius 1 is 1.07 bits per heavy atom. The van der Waals surface area contributed by atoms with Gasteiger partial charge in [0, 0.05) is 18.7 Å². The molecule has 1 unspecified atom stereocenters. The van der Waals surface area contributed by atoms with E-state index in [2.05, 4.69) is 4.72 Å². The SMILES string of the molecule is COc1ccc(C(=O)N(C)C(C)c2ccc(F)c(F)c2)cc1S(=O)(=O)NC(C)C. The summed E-state index contributed by atoms with van der Waals surface area (Å²) in [5.74, 6) is -2.36. The van der Waals surface area contributed by atoms with Crippen molar-refractivity contribution in [3.05, 3.63) is 59.2 Å². The highest BCUT2D eigenvalue weighted by atomic mass is 32.2. The maximum absolute atomic E-state index is 13.5. The van der Waals surface area contributed by atoms with Crippen LogP contribution in [0.4, 0.5) is 8.78 Å². The third-order valence-corrected chi connectivity index (χ3v) is 6.10. The van der Waals surface area contributed by atoms with Crippen LogP contribution in [-0.2, 0) is 10.0 Å². The standard InChI is InChI=1S/C20H24F2N2O4S/c1-12(2)23-29(26,27)19-11-15(7-9-18(19)28-5)20(25)24(4)13(3)14-6-8-16(21)17(22)10-14/h6-13,23H,1-5H3. The number of nitrogens with one attached hydrogen (secondary N) is 1. The highest BCUT2D eigenvalue weighted by Gasteiger charge is 2.25. The Hall–Kier alpha value is -2.52. The molecule has 0 bridgehead atoms. The average molecular weight is 426 g/mol. The van der Waals surface area contributed by atoms with Gasteiger partial charge >= 0.3 is 0 Å². The number of rotatable bonds is 7. The van der Waals surface area contributed by atoms with Crippen molar-refractivity contribution in [1.29, 1.82) is 0 Å². The molecule has 0 radical (unpaired) electrons. The molecule has 0 aliphatic carbocycles. The summed E-state index contributed by atoms with van der Waals surface area (Å²) in [4.78, 5) is 14.1. The molecule has 0 aliphatic rings. The maximum Gasteiger partial charge on any atom is 0.254 e. The molecule has 2 rings (SSSR count). The molecule has 0 aromatic heterocycles. The highest BCUT2D eigenvalue weighted by Crippen LogP contribution is 2.28. The molecule has 158 valence electrons. The van der Waals surface area contributed by atoms with E-state index in [1.807, 2.05) is 0 Å². The monoisotopic (exact) mass is 426 g/mol. The molecular weight excluding hydrogens is 402 g/mol. The molecule has 9 heteroatoms. The lowest BCUT2D eigenvalue weighted by molar-refractivity contribution is 0.0742. The number of sulfonamides is 1. The van der Waals surface area contributed by atoms with Crippen LogP contribution in [0.15, 0.2) is 41.3 Å². The number of nitrogens with zero attached hydrogens (tertiary/aromatic N) is 1. The van der Waals surface area contributed by atoms with Crippen LogP contribution in [0.3, 0.4) is 0 Å². The summed E-state index contributed by atoms with van der Waals surface area (Å²) in [6, 6.07) is 6.58. The van der Waals surface area contributed by atoms with Gasteiger partial charge < -0.3 is 9.64 Å². The first-order valence-corrected chi connectivity index (χ1v) is 10.4. The lowest BCUT2D eigenvalue weighted by Crippen LogP contribution is -2.32. The topological polar surface area (TPSA) is 75.7 Å². The molecule has 0 spiro atoms. The molecule has 0 aliphatic heterocycles. The summed E-state index contributed by atoms with van der Waals surface area (Å²) in [5, 5.41) is 0. The molecular formula is C20H24F2N2O4S. The Kier molecular flexibility index (Phi) is 6.97. The number of carbonyl (C=O) groups excluding carboxylic acids is 1. The summed E-state index contributed by atoms with van der Waals surface area (Å²) in [6.07, 6.45) is 0. The predicted molar refractivity (Wildman–Crippen MR) is 105 cm³/mol. The van der Waals surface area contributed by atoms with Crippen LogP contribution >= 0.6 is 0 Å². The summed E-state index contributed by atoms with van der Waals surface area (Å²) in [5.41, 5.74) is 0.523. The van der Waals surface area contributed by atoms with Crippen molar-refractivity contribution in [2.45, 2.75) is 37.8 Å². The van der Waals surface area contributed by atoms with Gasteiger partial charge in [-0.3, -0.25) is 4.79 Å². The minimum atomic E-state index is -3.90. The Bertz CT molecular complexity index is 1010. The van der Waals surface area contributed by atoms with Crippen LogP contribution in [0.2, 0.25) is 0 Å². The quantitative estimate of drug-likeness (QED) is 0.735. The molecule has 1 atom stereocenters. The zero-order chi connectivity index (χ0) is 21.9. The normalized spacial score (nSPS) is 12.7. The fraction of sp³-hybridized carbons (Fsp3) is 0.350. The third-order valence-electron chi connectivity index (χ3n) is 4.42. The van der Waals surface area contributed by atoms with Gasteiger partial charge in [0.25, 0.3) is 5.91 Å². The van der Waals surface area contributed by atoms with E-state index in [4.69, 9.17) is 4.74 Å². The van der Waals surface area contributed by atoms with Crippen molar-refractivity contribution < 1.29 is 26.7 Å². The Balaban J connectivity index is 2.39. The molecule has 2 aromatic carbocycles. The van der Waals surface area contributed by atoms with Crippen molar-refractivity contribution in [2.24, 2.45) is 0 Å². The van der Waals surface area contributed by atoms with Gasteiger partial charge in [0.1, 0.15) is 10.6 Å². The van der Waals surface area contributed by atoms with E-state index in [1.54, 1.807) is 20.8 Å². The van der Waals surface area contributed by atoms with Crippen LogP contribution in [-0.4, -0.2) is 39.4 Å². The second kappa shape index (κ2) is 8.87. The van der Waals surface area contributed by atoms with Gasteiger partial charge in [-0.15, -0.1) is 0 Å². The zero-order valence-electron chi connectivity index (χ0n) is 16.9. The molecule has 1 amide bonds. The van der Waals surface area contributed by atoms with E-state index >= 15 is 0 Å². The molecule has 29 heavy (non-hydrogen) atoms. The van der Waals surface area contributed by atoms with E-state index in [-0.39, 0.29) is 22.3 Å². The number of halogens is 2. The second-order valence-electron chi connectivity index (χ2n) is 6.91. The number of ether oxygens (including phenoxy) is 1. The van der Waals surface area contributed by atoms with Crippen molar-refractivity contribution in [2.75, 3.05) is 14.2 Å². The lowest BCUT2D eigenvalue weighted by Gasteiger charge is -2.26. The van der Waals surface area contributed by atoms with Crippen LogP contribution < -0.4 is 9.46 Å². The number of methoxy groups -OCH3 is 1. The highest BCUT2D eigenvalue weighted by molar-refractivity contribution is 7.89. The van der Waals surface area contributed by atoms with Crippen molar-refractivity contribution in [3.63, 3.8) is 0 Å².